The Bertz CT molecular complexity index is 1080. The van der Waals surface area contributed by atoms with E-state index in [1.165, 1.54) is 54.6 Å². The number of aryl methyl sites for hydroxylation is 2. The van der Waals surface area contributed by atoms with Crippen molar-refractivity contribution < 1.29 is 4.79 Å². The van der Waals surface area contributed by atoms with Crippen molar-refractivity contribution in [3.8, 4) is 0 Å². The van der Waals surface area contributed by atoms with Crippen LogP contribution in [-0.2, 0) is 11.2 Å². The minimum absolute atomic E-state index is 0.00548. The fraction of sp³-hybridized carbons (Fsp3) is 0.710. The van der Waals surface area contributed by atoms with Crippen LogP contribution >= 0.6 is 0 Å². The summed E-state index contributed by atoms with van der Waals surface area (Å²) in [6.45, 7) is 16.3. The Balaban J connectivity index is 1.39. The van der Waals surface area contributed by atoms with E-state index in [1.54, 1.807) is 0 Å². The molecule has 0 N–H and O–H groups in total. The lowest BCUT2D eigenvalue weighted by molar-refractivity contribution is -0.122. The molecule has 2 aliphatic carbocycles. The first kappa shape index (κ1) is 25.6. The summed E-state index contributed by atoms with van der Waals surface area (Å²) in [5, 5.41) is 9.69. The van der Waals surface area contributed by atoms with Crippen LogP contribution in [0.15, 0.2) is 18.2 Å². The Kier molecular flexibility index (Phi) is 7.40. The van der Waals surface area contributed by atoms with Gasteiger partial charge in [-0.15, -0.1) is 10.2 Å². The minimum atomic E-state index is -0.00548. The van der Waals surface area contributed by atoms with Crippen LogP contribution in [0.5, 0.6) is 0 Å². The highest BCUT2D eigenvalue weighted by Crippen LogP contribution is 2.48. The van der Waals surface area contributed by atoms with Crippen LogP contribution < -0.4 is 0 Å². The molecule has 1 saturated heterocycles. The Morgan fingerprint density at radius 3 is 2.36 bits per heavy atom. The van der Waals surface area contributed by atoms with E-state index in [9.17, 15) is 4.79 Å². The molecular weight excluding hydrogens is 444 g/mol. The van der Waals surface area contributed by atoms with Crippen LogP contribution in [-0.4, -0.2) is 45.1 Å². The fourth-order valence-corrected chi connectivity index (χ4v) is 6.86. The number of hydrogen-bond acceptors (Lipinski definition) is 4. The zero-order valence-electron chi connectivity index (χ0n) is 23.3. The maximum Gasteiger partial charge on any atom is 0.142 e. The van der Waals surface area contributed by atoms with E-state index < -0.39 is 0 Å². The first-order chi connectivity index (χ1) is 17.2. The van der Waals surface area contributed by atoms with Gasteiger partial charge in [-0.3, -0.25) is 4.79 Å². The predicted molar refractivity (Wildman–Crippen MR) is 145 cm³/mol. The Hall–Kier alpha value is -2.01. The molecule has 3 aliphatic rings. The van der Waals surface area contributed by atoms with Crippen LogP contribution in [0, 0.1) is 37.5 Å². The van der Waals surface area contributed by atoms with Crippen molar-refractivity contribution in [2.45, 2.75) is 97.9 Å². The number of hydrogen-bond donors (Lipinski definition) is 0. The Morgan fingerprint density at radius 2 is 1.72 bits per heavy atom. The highest BCUT2D eigenvalue weighted by molar-refractivity contribution is 5.85. The van der Waals surface area contributed by atoms with Gasteiger partial charge in [0.25, 0.3) is 0 Å². The van der Waals surface area contributed by atoms with Gasteiger partial charge in [0, 0.05) is 49.9 Å². The summed E-state index contributed by atoms with van der Waals surface area (Å²) in [7, 11) is 0. The van der Waals surface area contributed by atoms with Crippen LogP contribution in [0.4, 0.5) is 0 Å². The normalized spacial score (nSPS) is 26.7. The lowest BCUT2D eigenvalue weighted by Crippen LogP contribution is -2.28. The van der Waals surface area contributed by atoms with E-state index in [2.05, 4.69) is 69.2 Å². The number of aromatic nitrogens is 3. The number of benzene rings is 1. The second kappa shape index (κ2) is 10.4. The van der Waals surface area contributed by atoms with Gasteiger partial charge in [0.15, 0.2) is 0 Å². The minimum Gasteiger partial charge on any atom is -0.311 e. The summed E-state index contributed by atoms with van der Waals surface area (Å²) in [4.78, 5) is 16.3. The van der Waals surface area contributed by atoms with Crippen LogP contribution in [0.1, 0.15) is 106 Å². The van der Waals surface area contributed by atoms with E-state index in [0.29, 0.717) is 30.1 Å². The van der Waals surface area contributed by atoms with Gasteiger partial charge in [0.05, 0.1) is 0 Å². The van der Waals surface area contributed by atoms with Gasteiger partial charge in [-0.05, 0) is 74.8 Å². The lowest BCUT2D eigenvalue weighted by atomic mass is 9.71. The van der Waals surface area contributed by atoms with Gasteiger partial charge in [0.1, 0.15) is 17.4 Å². The fourth-order valence-electron chi connectivity index (χ4n) is 6.86. The zero-order valence-corrected chi connectivity index (χ0v) is 23.3. The second-order valence-electron chi connectivity index (χ2n) is 13.1. The number of ketones is 1. The maximum atomic E-state index is 13.8. The molecule has 2 aromatic rings. The molecule has 1 aromatic carbocycles. The van der Waals surface area contributed by atoms with Crippen molar-refractivity contribution in [2.75, 3.05) is 19.6 Å². The van der Waals surface area contributed by atoms with E-state index in [4.69, 9.17) is 10.2 Å². The molecule has 0 spiro atoms. The molecule has 3 fully saturated rings. The summed E-state index contributed by atoms with van der Waals surface area (Å²) in [5.74, 6) is 5.57. The third-order valence-electron chi connectivity index (χ3n) is 8.69. The number of carbonyl (C=O) groups is 1. The van der Waals surface area contributed by atoms with Crippen molar-refractivity contribution in [1.82, 2.24) is 19.7 Å². The second-order valence-corrected chi connectivity index (χ2v) is 13.1. The molecule has 2 saturated carbocycles. The highest BCUT2D eigenvalue weighted by Gasteiger charge is 2.45. The molecule has 0 amide bonds. The van der Waals surface area contributed by atoms with Gasteiger partial charge in [-0.1, -0.05) is 51.5 Å². The number of nitrogens with zero attached hydrogens (tertiary/aromatic N) is 4. The van der Waals surface area contributed by atoms with E-state index in [-0.39, 0.29) is 11.8 Å². The number of carbonyl (C=O) groups excluding carboxylic acids is 1. The molecule has 2 atom stereocenters. The summed E-state index contributed by atoms with van der Waals surface area (Å²) >= 11 is 0. The average molecular weight is 491 g/mol. The first-order valence-electron chi connectivity index (χ1n) is 14.5. The number of Topliss-reactive ketones (excluding diaryl/α,β-unsaturated/α-hetero) is 1. The molecular formula is C31H46N4O. The van der Waals surface area contributed by atoms with E-state index >= 15 is 0 Å². The van der Waals surface area contributed by atoms with Crippen molar-refractivity contribution in [1.29, 1.82) is 0 Å². The van der Waals surface area contributed by atoms with E-state index in [1.807, 2.05) is 0 Å². The van der Waals surface area contributed by atoms with Gasteiger partial charge < -0.3 is 9.47 Å². The molecule has 5 rings (SSSR count). The highest BCUT2D eigenvalue weighted by atomic mass is 16.1. The summed E-state index contributed by atoms with van der Waals surface area (Å²) in [6.07, 6.45) is 6.80. The first-order valence-corrected chi connectivity index (χ1v) is 14.5. The monoisotopic (exact) mass is 490 g/mol. The Morgan fingerprint density at radius 1 is 1.00 bits per heavy atom. The SMILES string of the molecule is Cc1ccc(CC(=O)[C@H]2CN(CC(C)C)C[C@@H]2c2nnc(C3CC(CC(C)C)C3)n2C2CC2)c(C)c1. The van der Waals surface area contributed by atoms with E-state index in [0.717, 1.165) is 37.3 Å². The lowest BCUT2D eigenvalue weighted by Gasteiger charge is -2.36. The molecule has 1 aromatic heterocycles. The molecule has 0 unspecified atom stereocenters. The van der Waals surface area contributed by atoms with Crippen molar-refractivity contribution in [2.24, 2.45) is 23.7 Å². The molecule has 196 valence electrons. The largest absolute Gasteiger partial charge is 0.311 e. The molecule has 1 aliphatic heterocycles. The Labute approximate surface area is 218 Å². The zero-order chi connectivity index (χ0) is 25.6. The van der Waals surface area contributed by atoms with Crippen LogP contribution in [0.25, 0.3) is 0 Å². The molecule has 36 heavy (non-hydrogen) atoms. The molecule has 2 heterocycles. The van der Waals surface area contributed by atoms with Crippen molar-refractivity contribution >= 4 is 5.78 Å². The topological polar surface area (TPSA) is 51.0 Å². The van der Waals surface area contributed by atoms with Crippen LogP contribution in [0.2, 0.25) is 0 Å². The molecule has 0 radical (unpaired) electrons. The third kappa shape index (κ3) is 5.46. The summed E-state index contributed by atoms with van der Waals surface area (Å²) in [5.41, 5.74) is 3.64. The smallest absolute Gasteiger partial charge is 0.142 e. The predicted octanol–water partition coefficient (Wildman–Crippen LogP) is 6.25. The van der Waals surface area contributed by atoms with Gasteiger partial charge in [-0.25, -0.2) is 0 Å². The van der Waals surface area contributed by atoms with Gasteiger partial charge >= 0.3 is 0 Å². The molecule has 0 bridgehead atoms. The summed E-state index contributed by atoms with van der Waals surface area (Å²) in [6, 6.07) is 7.02. The quantitative estimate of drug-likeness (QED) is 0.395. The van der Waals surface area contributed by atoms with Gasteiger partial charge in [0.2, 0.25) is 0 Å². The third-order valence-corrected chi connectivity index (χ3v) is 8.69. The standard InChI is InChI=1S/C31H46N4O/c1-19(2)11-23-13-25(14-23)30-32-33-31(35(30)26-9-10-26)28-18-34(16-20(3)4)17-27(28)29(36)15-24-8-7-21(5)12-22(24)6/h7-8,12,19-20,23,25-28H,9-11,13-18H2,1-6H3/t23?,25?,27-,28-/m0/s1. The van der Waals surface area contributed by atoms with Crippen molar-refractivity contribution in [3.05, 3.63) is 46.5 Å². The molecule has 5 heteroatoms. The van der Waals surface area contributed by atoms with Crippen LogP contribution in [0.3, 0.4) is 0 Å². The summed E-state index contributed by atoms with van der Waals surface area (Å²) < 4.78 is 2.51. The molecule has 5 nitrogen and oxygen atoms in total. The number of rotatable bonds is 10. The van der Waals surface area contributed by atoms with Crippen molar-refractivity contribution in [3.63, 3.8) is 0 Å². The number of likely N-dealkylation sites (tertiary alicyclic amines) is 1. The maximum absolute atomic E-state index is 13.8. The average Bonchev–Trinajstić information content (AvgIpc) is 3.38. The van der Waals surface area contributed by atoms with Gasteiger partial charge in [-0.2, -0.15) is 0 Å².